The summed E-state index contributed by atoms with van der Waals surface area (Å²) < 4.78 is 0. The first-order chi connectivity index (χ1) is 8.97. The Bertz CT molecular complexity index is 687. The minimum Gasteiger partial charge on any atom is -0.326 e. The molecule has 0 aliphatic rings. The lowest BCUT2D eigenvalue weighted by molar-refractivity contribution is 0.102. The standard InChI is InChI=1S/C15H16N2O2/c1-9-5-4-6-13(11(9)3)17-15(19)12-7-10(2)16-14(18)8-12/h4-8H,1-3H3,(H,16,18)(H,17,19). The van der Waals surface area contributed by atoms with E-state index in [2.05, 4.69) is 10.3 Å². The molecule has 19 heavy (non-hydrogen) atoms. The molecule has 0 saturated heterocycles. The van der Waals surface area contributed by atoms with Crippen molar-refractivity contribution < 1.29 is 4.79 Å². The summed E-state index contributed by atoms with van der Waals surface area (Å²) in [6.45, 7) is 5.69. The van der Waals surface area contributed by atoms with Gasteiger partial charge in [-0.3, -0.25) is 9.59 Å². The number of hydrogen-bond acceptors (Lipinski definition) is 2. The van der Waals surface area contributed by atoms with Crippen LogP contribution >= 0.6 is 0 Å². The molecule has 0 bridgehead atoms. The topological polar surface area (TPSA) is 62.0 Å². The largest absolute Gasteiger partial charge is 0.326 e. The highest BCUT2D eigenvalue weighted by molar-refractivity contribution is 6.04. The number of hydrogen-bond donors (Lipinski definition) is 2. The molecule has 2 N–H and O–H groups in total. The van der Waals surface area contributed by atoms with Crippen molar-refractivity contribution in [3.8, 4) is 0 Å². The molecule has 0 unspecified atom stereocenters. The Morgan fingerprint density at radius 1 is 1.16 bits per heavy atom. The molecule has 1 aromatic heterocycles. The van der Waals surface area contributed by atoms with Crippen LogP contribution in [0.2, 0.25) is 0 Å². The lowest BCUT2D eigenvalue weighted by Crippen LogP contribution is -2.17. The van der Waals surface area contributed by atoms with Crippen molar-refractivity contribution in [2.45, 2.75) is 20.8 Å². The lowest BCUT2D eigenvalue weighted by Gasteiger charge is -2.10. The van der Waals surface area contributed by atoms with Crippen LogP contribution < -0.4 is 10.9 Å². The molecule has 0 atom stereocenters. The number of aromatic nitrogens is 1. The maximum Gasteiger partial charge on any atom is 0.255 e. The van der Waals surface area contributed by atoms with E-state index in [1.165, 1.54) is 6.07 Å². The summed E-state index contributed by atoms with van der Waals surface area (Å²) in [5.74, 6) is -0.275. The van der Waals surface area contributed by atoms with Gasteiger partial charge >= 0.3 is 0 Å². The van der Waals surface area contributed by atoms with E-state index < -0.39 is 0 Å². The van der Waals surface area contributed by atoms with E-state index >= 15 is 0 Å². The van der Waals surface area contributed by atoms with Crippen LogP contribution in [0, 0.1) is 20.8 Å². The van der Waals surface area contributed by atoms with Gasteiger partial charge < -0.3 is 10.3 Å². The van der Waals surface area contributed by atoms with Gasteiger partial charge in [0.05, 0.1) is 0 Å². The molecule has 98 valence electrons. The fraction of sp³-hybridized carbons (Fsp3) is 0.200. The van der Waals surface area contributed by atoms with E-state index in [9.17, 15) is 9.59 Å². The third-order valence-electron chi connectivity index (χ3n) is 3.09. The molecular formula is C15H16N2O2. The van der Waals surface area contributed by atoms with Gasteiger partial charge in [0.2, 0.25) is 5.56 Å². The number of amides is 1. The van der Waals surface area contributed by atoms with Gasteiger partial charge in [0.25, 0.3) is 5.91 Å². The quantitative estimate of drug-likeness (QED) is 0.867. The van der Waals surface area contributed by atoms with E-state index in [4.69, 9.17) is 0 Å². The summed E-state index contributed by atoms with van der Waals surface area (Å²) in [5, 5.41) is 2.83. The predicted octanol–water partition coefficient (Wildman–Crippen LogP) is 2.55. The zero-order valence-electron chi connectivity index (χ0n) is 11.2. The van der Waals surface area contributed by atoms with Crippen LogP contribution in [0.15, 0.2) is 35.1 Å². The zero-order valence-corrected chi connectivity index (χ0v) is 11.2. The fourth-order valence-electron chi connectivity index (χ4n) is 1.89. The average Bonchev–Trinajstić information content (AvgIpc) is 2.33. The molecule has 0 saturated carbocycles. The summed E-state index contributed by atoms with van der Waals surface area (Å²) in [4.78, 5) is 26.1. The number of anilines is 1. The molecule has 1 aromatic carbocycles. The highest BCUT2D eigenvalue weighted by Gasteiger charge is 2.09. The maximum atomic E-state index is 12.1. The van der Waals surface area contributed by atoms with Crippen LogP contribution in [0.4, 0.5) is 5.69 Å². The van der Waals surface area contributed by atoms with Crippen LogP contribution in [-0.4, -0.2) is 10.9 Å². The number of rotatable bonds is 2. The van der Waals surface area contributed by atoms with Gasteiger partial charge in [-0.1, -0.05) is 12.1 Å². The van der Waals surface area contributed by atoms with Crippen molar-refractivity contribution in [3.63, 3.8) is 0 Å². The van der Waals surface area contributed by atoms with Crippen LogP contribution in [-0.2, 0) is 0 Å². The van der Waals surface area contributed by atoms with Crippen LogP contribution in [0.1, 0.15) is 27.2 Å². The van der Waals surface area contributed by atoms with Gasteiger partial charge in [-0.2, -0.15) is 0 Å². The van der Waals surface area contributed by atoms with Crippen LogP contribution in [0.25, 0.3) is 0 Å². The number of H-pyrrole nitrogens is 1. The summed E-state index contributed by atoms with van der Waals surface area (Å²) in [7, 11) is 0. The van der Waals surface area contributed by atoms with Crippen molar-refractivity contribution in [2.24, 2.45) is 0 Å². The third kappa shape index (κ3) is 2.91. The number of carbonyl (C=O) groups excluding carboxylic acids is 1. The van der Waals surface area contributed by atoms with Crippen molar-refractivity contribution in [2.75, 3.05) is 5.32 Å². The minimum absolute atomic E-state index is 0.272. The number of aryl methyl sites for hydroxylation is 2. The molecule has 0 spiro atoms. The summed E-state index contributed by atoms with van der Waals surface area (Å²) >= 11 is 0. The van der Waals surface area contributed by atoms with Crippen LogP contribution in [0.3, 0.4) is 0 Å². The van der Waals surface area contributed by atoms with E-state index in [1.807, 2.05) is 32.0 Å². The van der Waals surface area contributed by atoms with Crippen molar-refractivity contribution in [1.82, 2.24) is 4.98 Å². The SMILES string of the molecule is Cc1cc(C(=O)Nc2cccc(C)c2C)cc(=O)[nH]1. The number of nitrogens with one attached hydrogen (secondary N) is 2. The van der Waals surface area contributed by atoms with Crippen molar-refractivity contribution >= 4 is 11.6 Å². The lowest BCUT2D eigenvalue weighted by atomic mass is 10.1. The molecule has 1 heterocycles. The van der Waals surface area contributed by atoms with Gasteiger partial charge in [0.15, 0.2) is 0 Å². The van der Waals surface area contributed by atoms with Crippen molar-refractivity contribution in [1.29, 1.82) is 0 Å². The Morgan fingerprint density at radius 2 is 1.89 bits per heavy atom. The Hall–Kier alpha value is -2.36. The second-order valence-electron chi connectivity index (χ2n) is 4.62. The van der Waals surface area contributed by atoms with Gasteiger partial charge in [-0.25, -0.2) is 0 Å². The van der Waals surface area contributed by atoms with Crippen LogP contribution in [0.5, 0.6) is 0 Å². The Morgan fingerprint density at radius 3 is 2.58 bits per heavy atom. The molecule has 0 aliphatic carbocycles. The minimum atomic E-state index is -0.275. The summed E-state index contributed by atoms with van der Waals surface area (Å²) in [6, 6.07) is 8.68. The number of pyridine rings is 1. The van der Waals surface area contributed by atoms with E-state index in [1.54, 1.807) is 13.0 Å². The molecule has 2 rings (SSSR count). The molecule has 1 amide bonds. The van der Waals surface area contributed by atoms with Gasteiger partial charge in [0, 0.05) is 23.0 Å². The molecule has 4 nitrogen and oxygen atoms in total. The molecule has 0 aliphatic heterocycles. The van der Waals surface area contributed by atoms with Gasteiger partial charge in [0.1, 0.15) is 0 Å². The van der Waals surface area contributed by atoms with E-state index in [0.29, 0.717) is 11.3 Å². The number of aromatic amines is 1. The summed E-state index contributed by atoms with van der Waals surface area (Å²) in [5.41, 5.74) is 3.66. The first kappa shape index (κ1) is 13.1. The van der Waals surface area contributed by atoms with Crippen molar-refractivity contribution in [3.05, 3.63) is 63.1 Å². The third-order valence-corrected chi connectivity index (χ3v) is 3.09. The first-order valence-electron chi connectivity index (χ1n) is 6.06. The highest BCUT2D eigenvalue weighted by Crippen LogP contribution is 2.18. The summed E-state index contributed by atoms with van der Waals surface area (Å²) in [6.07, 6.45) is 0. The Kier molecular flexibility index (Phi) is 3.51. The highest BCUT2D eigenvalue weighted by atomic mass is 16.2. The Balaban J connectivity index is 2.31. The van der Waals surface area contributed by atoms with E-state index in [-0.39, 0.29) is 11.5 Å². The Labute approximate surface area is 111 Å². The normalized spacial score (nSPS) is 10.3. The second kappa shape index (κ2) is 5.10. The maximum absolute atomic E-state index is 12.1. The first-order valence-corrected chi connectivity index (χ1v) is 6.06. The molecule has 0 radical (unpaired) electrons. The number of benzene rings is 1. The molecule has 0 fully saturated rings. The predicted molar refractivity (Wildman–Crippen MR) is 75.7 cm³/mol. The van der Waals surface area contributed by atoms with E-state index in [0.717, 1.165) is 16.8 Å². The second-order valence-corrected chi connectivity index (χ2v) is 4.62. The smallest absolute Gasteiger partial charge is 0.255 e. The van der Waals surface area contributed by atoms with Gasteiger partial charge in [-0.15, -0.1) is 0 Å². The zero-order chi connectivity index (χ0) is 14.0. The molecule has 2 aromatic rings. The monoisotopic (exact) mass is 256 g/mol. The fourth-order valence-corrected chi connectivity index (χ4v) is 1.89. The van der Waals surface area contributed by atoms with Gasteiger partial charge in [-0.05, 0) is 44.0 Å². The molecular weight excluding hydrogens is 240 g/mol. The molecule has 4 heteroatoms. The average molecular weight is 256 g/mol. The number of carbonyl (C=O) groups is 1.